The second kappa shape index (κ2) is 4.38. The van der Waals surface area contributed by atoms with Crippen molar-refractivity contribution in [2.45, 2.75) is 64.8 Å². The Morgan fingerprint density at radius 3 is 2.38 bits per heavy atom. The Balaban J connectivity index is 1.59. The molecule has 0 radical (unpaired) electrons. The van der Waals surface area contributed by atoms with Crippen LogP contribution in [0, 0.1) is 22.2 Å². The smallest absolute Gasteiger partial charge is 0.169 e. The molecule has 1 heterocycles. The lowest BCUT2D eigenvalue weighted by Crippen LogP contribution is -2.55. The lowest BCUT2D eigenvalue weighted by atomic mass is 9.39. The minimum absolute atomic E-state index is 0.0414. The summed E-state index contributed by atoms with van der Waals surface area (Å²) in [6.45, 7) is 5.05. The van der Waals surface area contributed by atoms with Crippen LogP contribution in [0.2, 0.25) is 0 Å². The minimum atomic E-state index is 0.0414. The van der Waals surface area contributed by atoms with Gasteiger partial charge in [0.15, 0.2) is 4.67 Å². The number of furan rings is 1. The molecule has 3 unspecified atom stereocenters. The quantitative estimate of drug-likeness (QED) is 0.788. The Kier molecular flexibility index (Phi) is 2.99. The van der Waals surface area contributed by atoms with Crippen molar-refractivity contribution in [3.05, 3.63) is 22.6 Å². The van der Waals surface area contributed by atoms with Crippen LogP contribution >= 0.6 is 15.9 Å². The van der Waals surface area contributed by atoms with Crippen molar-refractivity contribution in [2.75, 3.05) is 0 Å². The number of rotatable bonds is 3. The third kappa shape index (κ3) is 2.41. The number of halogens is 1. The van der Waals surface area contributed by atoms with Crippen LogP contribution in [0.5, 0.6) is 0 Å². The summed E-state index contributed by atoms with van der Waals surface area (Å²) in [5.41, 5.74) is 8.10. The third-order valence-electron chi connectivity index (χ3n) is 6.35. The summed E-state index contributed by atoms with van der Waals surface area (Å²) >= 11 is 3.39. The van der Waals surface area contributed by atoms with E-state index in [1.807, 2.05) is 12.1 Å². The van der Waals surface area contributed by atoms with Gasteiger partial charge in [-0.05, 0) is 95.2 Å². The van der Waals surface area contributed by atoms with Crippen molar-refractivity contribution < 1.29 is 4.42 Å². The molecule has 0 spiro atoms. The zero-order valence-corrected chi connectivity index (χ0v) is 14.7. The highest BCUT2D eigenvalue weighted by Gasteiger charge is 2.60. The predicted octanol–water partition coefficient (Wildman–Crippen LogP) is 5.43. The Morgan fingerprint density at radius 2 is 1.86 bits per heavy atom. The summed E-state index contributed by atoms with van der Waals surface area (Å²) in [6, 6.07) is 4.02. The zero-order valence-electron chi connectivity index (χ0n) is 13.1. The summed E-state index contributed by atoms with van der Waals surface area (Å²) < 4.78 is 6.49. The van der Waals surface area contributed by atoms with Crippen LogP contribution in [0.1, 0.15) is 70.6 Å². The molecule has 4 aliphatic rings. The van der Waals surface area contributed by atoms with E-state index in [1.54, 1.807) is 0 Å². The van der Waals surface area contributed by atoms with Gasteiger partial charge in [0.2, 0.25) is 0 Å². The van der Waals surface area contributed by atoms with E-state index in [2.05, 4.69) is 29.8 Å². The average molecular weight is 352 g/mol. The molecule has 0 aliphatic heterocycles. The molecular weight excluding hydrogens is 326 g/mol. The summed E-state index contributed by atoms with van der Waals surface area (Å²) in [5.74, 6) is 1.87. The van der Waals surface area contributed by atoms with Crippen molar-refractivity contribution in [3.63, 3.8) is 0 Å². The Hall–Kier alpha value is -0.280. The molecule has 0 saturated heterocycles. The molecule has 1 aromatic heterocycles. The minimum Gasteiger partial charge on any atom is -0.453 e. The van der Waals surface area contributed by atoms with Gasteiger partial charge in [-0.15, -0.1) is 0 Å². The van der Waals surface area contributed by atoms with Gasteiger partial charge in [0.25, 0.3) is 0 Å². The molecule has 2 nitrogen and oxygen atoms in total. The van der Waals surface area contributed by atoms with E-state index in [0.29, 0.717) is 16.2 Å². The van der Waals surface area contributed by atoms with E-state index in [-0.39, 0.29) is 6.04 Å². The van der Waals surface area contributed by atoms with E-state index in [1.165, 1.54) is 38.5 Å². The maximum absolute atomic E-state index is 6.50. The average Bonchev–Trinajstić information content (AvgIpc) is 2.70. The Labute approximate surface area is 136 Å². The molecule has 5 rings (SSSR count). The molecule has 1 aromatic rings. The molecule has 3 atom stereocenters. The topological polar surface area (TPSA) is 39.2 Å². The summed E-state index contributed by atoms with van der Waals surface area (Å²) in [5, 5.41) is 0. The molecule has 0 amide bonds. The first-order valence-corrected chi connectivity index (χ1v) is 9.09. The van der Waals surface area contributed by atoms with E-state index in [0.717, 1.165) is 22.8 Å². The summed E-state index contributed by atoms with van der Waals surface area (Å²) in [4.78, 5) is 0. The van der Waals surface area contributed by atoms with Gasteiger partial charge >= 0.3 is 0 Å². The second-order valence-electron chi connectivity index (χ2n) is 9.08. The molecular formula is C18H26BrNO. The molecule has 4 aliphatic carbocycles. The van der Waals surface area contributed by atoms with Gasteiger partial charge in [0, 0.05) is 0 Å². The summed E-state index contributed by atoms with van der Waals surface area (Å²) in [7, 11) is 0. The largest absolute Gasteiger partial charge is 0.453 e. The van der Waals surface area contributed by atoms with Gasteiger partial charge in [-0.1, -0.05) is 13.8 Å². The fourth-order valence-corrected chi connectivity index (χ4v) is 7.33. The van der Waals surface area contributed by atoms with E-state index >= 15 is 0 Å². The molecule has 4 bridgehead atoms. The van der Waals surface area contributed by atoms with Crippen molar-refractivity contribution >= 4 is 15.9 Å². The van der Waals surface area contributed by atoms with Gasteiger partial charge in [-0.2, -0.15) is 0 Å². The van der Waals surface area contributed by atoms with Crippen LogP contribution in [-0.2, 0) is 0 Å². The molecule has 116 valence electrons. The van der Waals surface area contributed by atoms with Gasteiger partial charge in [-0.3, -0.25) is 0 Å². The molecule has 4 fully saturated rings. The molecule has 21 heavy (non-hydrogen) atoms. The lowest BCUT2D eigenvalue weighted by molar-refractivity contribution is -0.149. The van der Waals surface area contributed by atoms with Gasteiger partial charge < -0.3 is 10.2 Å². The maximum Gasteiger partial charge on any atom is 0.169 e. The van der Waals surface area contributed by atoms with E-state index in [4.69, 9.17) is 10.2 Å². The highest BCUT2D eigenvalue weighted by molar-refractivity contribution is 9.10. The van der Waals surface area contributed by atoms with Crippen molar-refractivity contribution in [3.8, 4) is 0 Å². The van der Waals surface area contributed by atoms with Crippen LogP contribution in [0.25, 0.3) is 0 Å². The van der Waals surface area contributed by atoms with Crippen molar-refractivity contribution in [1.82, 2.24) is 0 Å². The molecule has 2 N–H and O–H groups in total. The fourth-order valence-electron chi connectivity index (χ4n) is 7.01. The van der Waals surface area contributed by atoms with Crippen LogP contribution < -0.4 is 5.73 Å². The fraction of sp³-hybridized carbons (Fsp3) is 0.778. The van der Waals surface area contributed by atoms with Crippen LogP contribution in [0.4, 0.5) is 0 Å². The Morgan fingerprint density at radius 1 is 1.19 bits per heavy atom. The first kappa shape index (κ1) is 14.3. The van der Waals surface area contributed by atoms with Crippen molar-refractivity contribution in [1.29, 1.82) is 0 Å². The molecule has 0 aromatic carbocycles. The second-order valence-corrected chi connectivity index (χ2v) is 9.86. The first-order chi connectivity index (χ1) is 9.79. The maximum atomic E-state index is 6.50. The molecule has 3 heteroatoms. The normalized spacial score (nSPS) is 46.0. The zero-order chi connectivity index (χ0) is 14.9. The van der Waals surface area contributed by atoms with Crippen LogP contribution in [-0.4, -0.2) is 0 Å². The predicted molar refractivity (Wildman–Crippen MR) is 87.8 cm³/mol. The number of hydrogen-bond acceptors (Lipinski definition) is 2. The number of nitrogens with two attached hydrogens (primary N) is 1. The Bertz CT molecular complexity index is 547. The SMILES string of the molecule is CC12CC3CC(C)(C1)CC(CC(N)c1ccc(Br)o1)(C3)C2. The van der Waals surface area contributed by atoms with Gasteiger partial charge in [-0.25, -0.2) is 0 Å². The highest BCUT2D eigenvalue weighted by Crippen LogP contribution is 2.71. The lowest BCUT2D eigenvalue weighted by Gasteiger charge is -2.66. The molecule has 4 saturated carbocycles. The van der Waals surface area contributed by atoms with Crippen LogP contribution in [0.3, 0.4) is 0 Å². The van der Waals surface area contributed by atoms with E-state index in [9.17, 15) is 0 Å². The van der Waals surface area contributed by atoms with Crippen molar-refractivity contribution in [2.24, 2.45) is 27.9 Å². The number of hydrogen-bond donors (Lipinski definition) is 1. The summed E-state index contributed by atoms with van der Waals surface area (Å²) in [6.07, 6.45) is 9.57. The standard InChI is InChI=1S/C18H26BrNO/c1-16-5-12-6-17(2,9-16)11-18(7-12,10-16)8-13(20)14-3-4-15(19)21-14/h3-4,12-13H,5-11,20H2,1-2H3. The van der Waals surface area contributed by atoms with Gasteiger partial charge in [0.1, 0.15) is 5.76 Å². The van der Waals surface area contributed by atoms with Gasteiger partial charge in [0.05, 0.1) is 6.04 Å². The highest BCUT2D eigenvalue weighted by atomic mass is 79.9. The van der Waals surface area contributed by atoms with Crippen LogP contribution in [0.15, 0.2) is 21.2 Å². The monoisotopic (exact) mass is 351 g/mol. The van der Waals surface area contributed by atoms with E-state index < -0.39 is 0 Å². The third-order valence-corrected chi connectivity index (χ3v) is 6.78. The first-order valence-electron chi connectivity index (χ1n) is 8.30.